The molecule has 0 amide bonds. The smallest absolute Gasteiger partial charge is 0.143 e. The molecule has 2 heterocycles. The molecule has 0 atom stereocenters. The Balaban J connectivity index is 0.00000120. The van der Waals surface area contributed by atoms with E-state index in [1.165, 1.54) is 6.42 Å². The highest BCUT2D eigenvalue weighted by Crippen LogP contribution is 2.33. The van der Waals surface area contributed by atoms with Gasteiger partial charge in [0.05, 0.1) is 38.3 Å². The van der Waals surface area contributed by atoms with E-state index < -0.39 is 10.0 Å². The summed E-state index contributed by atoms with van der Waals surface area (Å²) in [5, 5.41) is 0. The van der Waals surface area contributed by atoms with Crippen LogP contribution in [0.5, 0.6) is 11.5 Å². The summed E-state index contributed by atoms with van der Waals surface area (Å²) in [5.41, 5.74) is 5.89. The summed E-state index contributed by atoms with van der Waals surface area (Å²) in [7, 11) is 1.04. The normalized spacial score (nSPS) is 10.8. The van der Waals surface area contributed by atoms with Crippen LogP contribution in [0.1, 0.15) is 64.8 Å². The molecule has 5 aromatic rings. The van der Waals surface area contributed by atoms with Gasteiger partial charge in [-0.1, -0.05) is 90.4 Å². The minimum Gasteiger partial charge on any atom is -0.497 e. The Morgan fingerprint density at radius 1 is 0.667 bits per heavy atom. The highest BCUT2D eigenvalue weighted by atomic mass is 32.3. The van der Waals surface area contributed by atoms with Crippen molar-refractivity contribution in [1.82, 2.24) is 14.5 Å². The molecule has 0 radical (unpaired) electrons. The van der Waals surface area contributed by atoms with E-state index in [0.717, 1.165) is 56.7 Å². The summed E-state index contributed by atoms with van der Waals surface area (Å²) in [5.74, 6) is 3.51. The van der Waals surface area contributed by atoms with Gasteiger partial charge in [0.1, 0.15) is 30.7 Å². The van der Waals surface area contributed by atoms with Crippen molar-refractivity contribution in [1.29, 1.82) is 0 Å². The van der Waals surface area contributed by atoms with Crippen LogP contribution in [-0.2, 0) is 36.0 Å². The average Bonchev–Trinajstić information content (AvgIpc) is 3.57. The number of methoxy groups -OCH3 is 1. The lowest BCUT2D eigenvalue weighted by atomic mass is 10.1. The quantitative estimate of drug-likeness (QED) is 0.101. The van der Waals surface area contributed by atoms with Gasteiger partial charge in [0.2, 0.25) is 0 Å². The molecule has 0 N–H and O–H groups in total. The molecule has 0 spiro atoms. The van der Waals surface area contributed by atoms with E-state index in [0.29, 0.717) is 33.2 Å². The molecule has 0 bridgehead atoms. The fourth-order valence-corrected chi connectivity index (χ4v) is 5.11. The van der Waals surface area contributed by atoms with Crippen molar-refractivity contribution in [3.63, 3.8) is 0 Å². The zero-order valence-corrected chi connectivity index (χ0v) is 33.5. The van der Waals surface area contributed by atoms with Crippen LogP contribution in [0, 0.1) is 0 Å². The van der Waals surface area contributed by atoms with Crippen LogP contribution in [0.4, 0.5) is 0 Å². The van der Waals surface area contributed by atoms with E-state index in [2.05, 4.69) is 50.8 Å². The monoisotopic (exact) mass is 715 g/mol. The standard InChI is InChI=1S/C36H41N3O4S.C3H8.2C2H6/c1-40-33-15-10-29(11-16-33)25-43-34-17-12-30(13-18-34)35-19-14-31(22-37-35)36-38-32(26-42-24-28-8-6-5-7-9-28)23-39(36)27-41-20-21-44(2,3)4;1-3-2;2*1-2/h5-19,22-23H,20-21,24-27H2,1-4H3;3H2,1-2H3;2*1-2H3. The van der Waals surface area contributed by atoms with Crippen LogP contribution in [0.15, 0.2) is 103 Å². The van der Waals surface area contributed by atoms with Crippen LogP contribution in [0.2, 0.25) is 0 Å². The first-order valence-electron chi connectivity index (χ1n) is 18.0. The van der Waals surface area contributed by atoms with Gasteiger partial charge in [-0.05, 0) is 78.4 Å². The van der Waals surface area contributed by atoms with Gasteiger partial charge in [-0.3, -0.25) is 4.98 Å². The molecule has 0 saturated heterocycles. The van der Waals surface area contributed by atoms with Crippen molar-refractivity contribution in [2.24, 2.45) is 0 Å². The van der Waals surface area contributed by atoms with E-state index in [1.54, 1.807) is 7.11 Å². The average molecular weight is 716 g/mol. The zero-order valence-electron chi connectivity index (χ0n) is 32.6. The number of pyridine rings is 1. The molecule has 7 nitrogen and oxygen atoms in total. The molecule has 8 heteroatoms. The molecule has 0 fully saturated rings. The van der Waals surface area contributed by atoms with Crippen molar-refractivity contribution >= 4 is 10.0 Å². The molecular weight excluding hydrogens is 655 g/mol. The van der Waals surface area contributed by atoms with Crippen molar-refractivity contribution in [2.75, 3.05) is 38.2 Å². The Hall–Kier alpha value is -4.11. The maximum absolute atomic E-state index is 6.07. The third kappa shape index (κ3) is 15.8. The molecule has 278 valence electrons. The van der Waals surface area contributed by atoms with Gasteiger partial charge < -0.3 is 23.5 Å². The molecule has 3 aromatic carbocycles. The second-order valence-electron chi connectivity index (χ2n) is 12.1. The predicted molar refractivity (Wildman–Crippen MR) is 218 cm³/mol. The van der Waals surface area contributed by atoms with Crippen LogP contribution in [0.25, 0.3) is 22.6 Å². The number of benzene rings is 3. The van der Waals surface area contributed by atoms with Crippen molar-refractivity contribution in [3.05, 3.63) is 120 Å². The molecule has 0 aliphatic heterocycles. The first kappa shape index (κ1) is 43.1. The van der Waals surface area contributed by atoms with Crippen LogP contribution in [-0.4, -0.2) is 52.8 Å². The van der Waals surface area contributed by atoms with Gasteiger partial charge in [-0.2, -0.15) is 0 Å². The molecular formula is C43H61N3O4S. The molecule has 0 aliphatic carbocycles. The number of hydrogen-bond acceptors (Lipinski definition) is 6. The SMILES string of the molecule is CC.CC.CCC.COc1ccc(COc2ccc(-c3ccc(-c4nc(COCc5ccccc5)cn4COCCS(C)(C)C)cn3)cc2)cc1. The largest absolute Gasteiger partial charge is 0.497 e. The van der Waals surface area contributed by atoms with E-state index in [4.69, 9.17) is 28.9 Å². The van der Waals surface area contributed by atoms with Crippen LogP contribution in [0.3, 0.4) is 0 Å². The van der Waals surface area contributed by atoms with Gasteiger partial charge in [0, 0.05) is 29.3 Å². The van der Waals surface area contributed by atoms with E-state index >= 15 is 0 Å². The lowest BCUT2D eigenvalue weighted by molar-refractivity contribution is 0.0895. The van der Waals surface area contributed by atoms with Crippen molar-refractivity contribution in [2.45, 2.75) is 74.5 Å². The Morgan fingerprint density at radius 2 is 1.27 bits per heavy atom. The summed E-state index contributed by atoms with van der Waals surface area (Å²) in [6.45, 7) is 14.8. The lowest BCUT2D eigenvalue weighted by Crippen LogP contribution is -2.10. The highest BCUT2D eigenvalue weighted by molar-refractivity contribution is 8.32. The maximum atomic E-state index is 6.07. The van der Waals surface area contributed by atoms with Gasteiger partial charge in [-0.15, -0.1) is 0 Å². The van der Waals surface area contributed by atoms with Crippen LogP contribution < -0.4 is 9.47 Å². The number of imidazole rings is 1. The second kappa shape index (κ2) is 24.1. The molecule has 2 aromatic heterocycles. The number of nitrogens with zero attached hydrogens (tertiary/aromatic N) is 3. The van der Waals surface area contributed by atoms with Gasteiger partial charge in [-0.25, -0.2) is 15.0 Å². The summed E-state index contributed by atoms with van der Waals surface area (Å²) < 4.78 is 25.3. The molecule has 0 aliphatic rings. The van der Waals surface area contributed by atoms with E-state index in [-0.39, 0.29) is 0 Å². The number of rotatable bonds is 15. The van der Waals surface area contributed by atoms with Crippen molar-refractivity contribution < 1.29 is 18.9 Å². The summed E-state index contributed by atoms with van der Waals surface area (Å²) >= 11 is 0. The minimum atomic E-state index is -0.618. The Morgan fingerprint density at radius 3 is 1.86 bits per heavy atom. The summed E-state index contributed by atoms with van der Waals surface area (Å²) in [4.78, 5) is 9.68. The lowest BCUT2D eigenvalue weighted by Gasteiger charge is -2.24. The fourth-order valence-electron chi connectivity index (χ4n) is 4.50. The van der Waals surface area contributed by atoms with Gasteiger partial charge >= 0.3 is 0 Å². The third-order valence-corrected chi connectivity index (χ3v) is 8.39. The fraction of sp³-hybridized carbons (Fsp3) is 0.395. The van der Waals surface area contributed by atoms with Crippen molar-refractivity contribution in [3.8, 4) is 34.1 Å². The molecule has 5 rings (SSSR count). The Bertz CT molecular complexity index is 1600. The zero-order chi connectivity index (χ0) is 37.5. The maximum Gasteiger partial charge on any atom is 0.143 e. The number of hydrogen-bond donors (Lipinski definition) is 0. The first-order chi connectivity index (χ1) is 24.8. The Kier molecular flexibility index (Phi) is 20.4. The van der Waals surface area contributed by atoms with Crippen LogP contribution >= 0.6 is 10.0 Å². The molecule has 0 unspecified atom stereocenters. The molecule has 0 saturated carbocycles. The predicted octanol–water partition coefficient (Wildman–Crippen LogP) is 11.1. The highest BCUT2D eigenvalue weighted by Gasteiger charge is 2.13. The van der Waals surface area contributed by atoms with Gasteiger partial charge in [0.15, 0.2) is 0 Å². The summed E-state index contributed by atoms with van der Waals surface area (Å²) in [6, 6.07) is 30.1. The number of aromatic nitrogens is 3. The Labute approximate surface area is 309 Å². The number of ether oxygens (including phenoxy) is 4. The first-order valence-corrected chi connectivity index (χ1v) is 21.0. The third-order valence-electron chi connectivity index (χ3n) is 6.99. The van der Waals surface area contributed by atoms with E-state index in [9.17, 15) is 0 Å². The van der Waals surface area contributed by atoms with E-state index in [1.807, 2.05) is 117 Å². The van der Waals surface area contributed by atoms with Gasteiger partial charge in [0.25, 0.3) is 0 Å². The summed E-state index contributed by atoms with van der Waals surface area (Å²) in [6.07, 6.45) is 12.0. The molecule has 51 heavy (non-hydrogen) atoms. The second-order valence-corrected chi connectivity index (χ2v) is 16.7. The minimum absolute atomic E-state index is 0.416. The topological polar surface area (TPSA) is 67.6 Å².